The molecule has 0 aliphatic heterocycles. The second-order valence-corrected chi connectivity index (χ2v) is 8.52. The maximum Gasteiger partial charge on any atom is 0.0452 e. The van der Waals surface area contributed by atoms with Gasteiger partial charge in [-0.1, -0.05) is 53.2 Å². The Bertz CT molecular complexity index is 673. The normalized spacial score (nSPS) is 10.0. The van der Waals surface area contributed by atoms with Gasteiger partial charge in [0.1, 0.15) is 0 Å². The predicted octanol–water partition coefficient (Wildman–Crippen LogP) is 6.45. The van der Waals surface area contributed by atoms with Crippen molar-refractivity contribution in [3.8, 4) is 0 Å². The average Bonchev–Trinajstić information content (AvgIpc) is 2.68. The zero-order valence-corrected chi connectivity index (χ0v) is 20.1. The lowest BCUT2D eigenvalue weighted by Crippen LogP contribution is -1.96. The first-order chi connectivity index (χ1) is 13.4. The number of hydrogen-bond donors (Lipinski definition) is 3. The van der Waals surface area contributed by atoms with Crippen molar-refractivity contribution in [3.05, 3.63) is 47.5 Å². The predicted molar refractivity (Wildman–Crippen MR) is 132 cm³/mol. The minimum Gasteiger partial charge on any atom is -0.398 e. The summed E-state index contributed by atoms with van der Waals surface area (Å²) in [5, 5.41) is 0. The summed E-state index contributed by atoms with van der Waals surface area (Å²) < 4.78 is 0. The molecule has 2 aromatic rings. The minimum absolute atomic E-state index is 0.583. The van der Waals surface area contributed by atoms with Crippen LogP contribution in [0.15, 0.2) is 46.2 Å². The second kappa shape index (κ2) is 15.6. The highest BCUT2D eigenvalue weighted by Gasteiger charge is 2.02. The lowest BCUT2D eigenvalue weighted by Gasteiger charge is -2.08. The van der Waals surface area contributed by atoms with Gasteiger partial charge in [0.2, 0.25) is 0 Å². The van der Waals surface area contributed by atoms with E-state index in [0.29, 0.717) is 11.8 Å². The van der Waals surface area contributed by atoms with Crippen molar-refractivity contribution in [1.82, 2.24) is 0 Å². The highest BCUT2D eigenvalue weighted by molar-refractivity contribution is 7.99. The Labute approximate surface area is 181 Å². The number of rotatable bonds is 7. The molecule has 0 atom stereocenters. The molecule has 0 aromatic heterocycles. The van der Waals surface area contributed by atoms with Gasteiger partial charge in [-0.2, -0.15) is 0 Å². The molecule has 28 heavy (non-hydrogen) atoms. The van der Waals surface area contributed by atoms with Crippen LogP contribution in [0.3, 0.4) is 0 Å². The molecule has 2 aromatic carbocycles. The Morgan fingerprint density at radius 1 is 0.893 bits per heavy atom. The summed E-state index contributed by atoms with van der Waals surface area (Å²) in [6, 6.07) is 12.5. The van der Waals surface area contributed by atoms with E-state index in [1.54, 1.807) is 23.5 Å². The monoisotopic (exact) mass is 421 g/mol. The first-order valence-electron chi connectivity index (χ1n) is 10.0. The number of thioether (sulfide) groups is 2. The Morgan fingerprint density at radius 3 is 1.93 bits per heavy atom. The summed E-state index contributed by atoms with van der Waals surface area (Å²) in [4.78, 5) is 2.30. The number of anilines is 2. The molecule has 0 saturated carbocycles. The smallest absolute Gasteiger partial charge is 0.0452 e. The standard InChI is InChI=1S/C11H17NS.C10H16N2S.C2H6/c1-8(2)6-9-4-5-10(12)11(7-9)13-3;1-2-3-8-4-5-9(12)10(6-8)13-7-11;1-2/h4-5,7-8H,6,12H2,1-3H3;4-6H,2-3,7,11-12H2,1H3;1-2H3. The highest BCUT2D eigenvalue weighted by Crippen LogP contribution is 2.26. The molecule has 0 heterocycles. The topological polar surface area (TPSA) is 78.1 Å². The number of nitrogen functional groups attached to an aromatic ring is 2. The summed E-state index contributed by atoms with van der Waals surface area (Å²) in [7, 11) is 0. The molecule has 0 unspecified atom stereocenters. The van der Waals surface area contributed by atoms with Crippen LogP contribution in [0.5, 0.6) is 0 Å². The molecule has 0 radical (unpaired) electrons. The van der Waals surface area contributed by atoms with Gasteiger partial charge in [0.15, 0.2) is 0 Å². The van der Waals surface area contributed by atoms with E-state index < -0.39 is 0 Å². The molecule has 0 aliphatic carbocycles. The van der Waals surface area contributed by atoms with Gasteiger partial charge in [-0.15, -0.1) is 23.5 Å². The van der Waals surface area contributed by atoms with Crippen molar-refractivity contribution in [2.45, 2.75) is 63.7 Å². The van der Waals surface area contributed by atoms with Gasteiger partial charge in [-0.25, -0.2) is 0 Å². The summed E-state index contributed by atoms with van der Waals surface area (Å²) >= 11 is 3.31. The molecule has 0 bridgehead atoms. The van der Waals surface area contributed by atoms with Crippen molar-refractivity contribution in [2.75, 3.05) is 23.6 Å². The zero-order valence-electron chi connectivity index (χ0n) is 18.4. The fraction of sp³-hybridized carbons (Fsp3) is 0.478. The van der Waals surface area contributed by atoms with Crippen LogP contribution < -0.4 is 17.2 Å². The van der Waals surface area contributed by atoms with E-state index in [-0.39, 0.29) is 0 Å². The van der Waals surface area contributed by atoms with Gasteiger partial charge < -0.3 is 17.2 Å². The van der Waals surface area contributed by atoms with Gasteiger partial charge in [0.05, 0.1) is 0 Å². The van der Waals surface area contributed by atoms with E-state index >= 15 is 0 Å². The highest BCUT2D eigenvalue weighted by atomic mass is 32.2. The quantitative estimate of drug-likeness (QED) is 0.272. The van der Waals surface area contributed by atoms with Crippen LogP contribution in [-0.2, 0) is 12.8 Å². The molecule has 158 valence electrons. The van der Waals surface area contributed by atoms with Crippen LogP contribution in [0.1, 0.15) is 52.2 Å². The molecule has 0 saturated heterocycles. The Kier molecular flexibility index (Phi) is 14.9. The number of aryl methyl sites for hydroxylation is 1. The van der Waals surface area contributed by atoms with E-state index in [1.807, 2.05) is 26.0 Å². The van der Waals surface area contributed by atoms with Crippen molar-refractivity contribution >= 4 is 34.9 Å². The fourth-order valence-corrected chi connectivity index (χ4v) is 3.81. The average molecular weight is 422 g/mol. The third kappa shape index (κ3) is 10.3. The molecule has 6 N–H and O–H groups in total. The SMILES string of the molecule is CC.CCCc1ccc(N)c(SCN)c1.CSc1cc(CC(C)C)ccc1N. The van der Waals surface area contributed by atoms with Crippen molar-refractivity contribution < 1.29 is 0 Å². The van der Waals surface area contributed by atoms with Crippen LogP contribution in [-0.4, -0.2) is 12.1 Å². The number of benzene rings is 2. The summed E-state index contributed by atoms with van der Waals surface area (Å²) in [5.41, 5.74) is 21.5. The summed E-state index contributed by atoms with van der Waals surface area (Å²) in [6.45, 7) is 10.6. The lowest BCUT2D eigenvalue weighted by molar-refractivity contribution is 0.646. The van der Waals surface area contributed by atoms with Crippen LogP contribution >= 0.6 is 23.5 Å². The maximum atomic E-state index is 5.81. The second-order valence-electron chi connectivity index (χ2n) is 6.61. The molecule has 5 heteroatoms. The Balaban J connectivity index is 0.000000478. The number of hydrogen-bond acceptors (Lipinski definition) is 5. The van der Waals surface area contributed by atoms with Gasteiger partial charge in [-0.3, -0.25) is 0 Å². The van der Waals surface area contributed by atoms with Gasteiger partial charge in [0, 0.05) is 27.0 Å². The Morgan fingerprint density at radius 2 is 1.43 bits per heavy atom. The third-order valence-corrected chi connectivity index (χ3v) is 5.42. The largest absolute Gasteiger partial charge is 0.398 e. The summed E-state index contributed by atoms with van der Waals surface area (Å²) in [5.74, 6) is 1.29. The molecular formula is C23H39N3S2. The minimum atomic E-state index is 0.583. The fourth-order valence-electron chi connectivity index (χ4n) is 2.59. The molecular weight excluding hydrogens is 382 g/mol. The van der Waals surface area contributed by atoms with Crippen LogP contribution in [0.2, 0.25) is 0 Å². The third-order valence-electron chi connectivity index (χ3n) is 3.80. The van der Waals surface area contributed by atoms with Gasteiger partial charge in [0.25, 0.3) is 0 Å². The van der Waals surface area contributed by atoms with Crippen molar-refractivity contribution in [1.29, 1.82) is 0 Å². The Hall–Kier alpha value is -1.30. The lowest BCUT2D eigenvalue weighted by atomic mass is 10.0. The molecule has 0 aliphatic rings. The first kappa shape index (κ1) is 26.7. The number of nitrogens with two attached hydrogens (primary N) is 3. The molecule has 3 nitrogen and oxygen atoms in total. The van der Waals surface area contributed by atoms with Crippen LogP contribution in [0.4, 0.5) is 11.4 Å². The first-order valence-corrected chi connectivity index (χ1v) is 12.3. The zero-order chi connectivity index (χ0) is 21.5. The van der Waals surface area contributed by atoms with E-state index in [1.165, 1.54) is 16.0 Å². The van der Waals surface area contributed by atoms with E-state index in [0.717, 1.165) is 35.5 Å². The molecule has 2 rings (SSSR count). The van der Waals surface area contributed by atoms with Crippen LogP contribution in [0.25, 0.3) is 0 Å². The van der Waals surface area contributed by atoms with Crippen molar-refractivity contribution in [3.63, 3.8) is 0 Å². The van der Waals surface area contributed by atoms with Crippen molar-refractivity contribution in [2.24, 2.45) is 11.7 Å². The van der Waals surface area contributed by atoms with Crippen LogP contribution in [0, 0.1) is 5.92 Å². The van der Waals surface area contributed by atoms with E-state index in [4.69, 9.17) is 17.2 Å². The molecule has 0 spiro atoms. The van der Waals surface area contributed by atoms with E-state index in [9.17, 15) is 0 Å². The molecule has 0 fully saturated rings. The van der Waals surface area contributed by atoms with Gasteiger partial charge >= 0.3 is 0 Å². The maximum absolute atomic E-state index is 5.81. The van der Waals surface area contributed by atoms with Gasteiger partial charge in [-0.05, 0) is 60.4 Å². The molecule has 0 amide bonds. The summed E-state index contributed by atoms with van der Waals surface area (Å²) in [6.07, 6.45) is 5.47. The van der Waals surface area contributed by atoms with E-state index in [2.05, 4.69) is 51.3 Å².